The van der Waals surface area contributed by atoms with Gasteiger partial charge in [-0.2, -0.15) is 0 Å². The number of fused-ring (bicyclic) bond motifs is 1. The minimum absolute atomic E-state index is 0.146. The van der Waals surface area contributed by atoms with E-state index in [1.807, 2.05) is 6.20 Å². The topological polar surface area (TPSA) is 64.6 Å². The third-order valence-electron chi connectivity index (χ3n) is 6.07. The molecule has 2 aromatic heterocycles. The van der Waals surface area contributed by atoms with Crippen molar-refractivity contribution in [3.63, 3.8) is 0 Å². The molecule has 29 heavy (non-hydrogen) atoms. The number of benzene rings is 1. The molecule has 5 rings (SSSR count). The average molecular weight is 393 g/mol. The van der Waals surface area contributed by atoms with Crippen LogP contribution in [0.3, 0.4) is 0 Å². The van der Waals surface area contributed by atoms with Crippen molar-refractivity contribution in [1.29, 1.82) is 0 Å². The molecule has 1 aromatic carbocycles. The summed E-state index contributed by atoms with van der Waals surface area (Å²) >= 11 is 0. The molecule has 0 saturated carbocycles. The number of morpholine rings is 1. The molecular weight excluding hydrogens is 364 g/mol. The number of nitrogens with one attached hydrogen (secondary N) is 1. The Labute approximate surface area is 171 Å². The van der Waals surface area contributed by atoms with E-state index in [-0.39, 0.29) is 6.10 Å². The molecule has 0 bridgehead atoms. The first-order chi connectivity index (χ1) is 14.3. The van der Waals surface area contributed by atoms with Gasteiger partial charge in [-0.1, -0.05) is 12.1 Å². The van der Waals surface area contributed by atoms with E-state index in [2.05, 4.69) is 56.2 Å². The minimum atomic E-state index is -0.146. The number of piperidine rings is 1. The summed E-state index contributed by atoms with van der Waals surface area (Å²) in [6, 6.07) is 13.0. The molecule has 2 aliphatic rings. The van der Waals surface area contributed by atoms with Crippen LogP contribution >= 0.6 is 0 Å². The standard InChI is InChI=1S/C23H28N4O2/c28-20-6-9-27(10-7-20)19-3-1-17(2-4-19)23-21-15-18(25-22(21)5-8-24-23)16-26-11-13-29-14-12-26/h1-5,8,15,20,25,28H,6-7,9-14,16H2. The zero-order chi connectivity index (χ0) is 19.6. The van der Waals surface area contributed by atoms with Gasteiger partial charge >= 0.3 is 0 Å². The second-order valence-corrected chi connectivity index (χ2v) is 8.07. The number of aromatic nitrogens is 2. The number of anilines is 1. The van der Waals surface area contributed by atoms with Crippen molar-refractivity contribution in [2.45, 2.75) is 25.5 Å². The Hall–Kier alpha value is -2.41. The quantitative estimate of drug-likeness (QED) is 0.715. The molecule has 3 aromatic rings. The van der Waals surface area contributed by atoms with Crippen molar-refractivity contribution < 1.29 is 9.84 Å². The van der Waals surface area contributed by atoms with Gasteiger partial charge in [-0.05, 0) is 37.1 Å². The van der Waals surface area contributed by atoms with Crippen molar-refractivity contribution in [2.75, 3.05) is 44.3 Å². The van der Waals surface area contributed by atoms with Crippen molar-refractivity contribution in [1.82, 2.24) is 14.9 Å². The first-order valence-corrected chi connectivity index (χ1v) is 10.6. The maximum absolute atomic E-state index is 9.73. The van der Waals surface area contributed by atoms with Gasteiger partial charge in [-0.15, -0.1) is 0 Å². The smallest absolute Gasteiger partial charge is 0.0795 e. The third-order valence-corrected chi connectivity index (χ3v) is 6.07. The maximum Gasteiger partial charge on any atom is 0.0795 e. The first-order valence-electron chi connectivity index (χ1n) is 10.6. The Kier molecular flexibility index (Phi) is 5.23. The lowest BCUT2D eigenvalue weighted by Gasteiger charge is -2.31. The summed E-state index contributed by atoms with van der Waals surface area (Å²) in [5, 5.41) is 10.9. The summed E-state index contributed by atoms with van der Waals surface area (Å²) in [6.45, 7) is 6.33. The Morgan fingerprint density at radius 1 is 1.03 bits per heavy atom. The maximum atomic E-state index is 9.73. The highest BCUT2D eigenvalue weighted by atomic mass is 16.5. The van der Waals surface area contributed by atoms with Crippen LogP contribution in [0.2, 0.25) is 0 Å². The first kappa shape index (κ1) is 18.6. The fraction of sp³-hybridized carbons (Fsp3) is 0.435. The molecular formula is C23H28N4O2. The van der Waals surface area contributed by atoms with Crippen molar-refractivity contribution >= 4 is 16.6 Å². The predicted molar refractivity (Wildman–Crippen MR) is 115 cm³/mol. The van der Waals surface area contributed by atoms with E-state index in [9.17, 15) is 5.11 Å². The lowest BCUT2D eigenvalue weighted by atomic mass is 10.0. The van der Waals surface area contributed by atoms with Crippen LogP contribution in [-0.4, -0.2) is 65.5 Å². The normalized spacial score (nSPS) is 19.1. The van der Waals surface area contributed by atoms with E-state index in [1.165, 1.54) is 16.8 Å². The van der Waals surface area contributed by atoms with E-state index in [4.69, 9.17) is 4.74 Å². The molecule has 2 aliphatic heterocycles. The second kappa shape index (κ2) is 8.14. The molecule has 6 nitrogen and oxygen atoms in total. The van der Waals surface area contributed by atoms with Crippen LogP contribution in [0.1, 0.15) is 18.5 Å². The molecule has 152 valence electrons. The van der Waals surface area contributed by atoms with Gasteiger partial charge in [0.2, 0.25) is 0 Å². The molecule has 0 radical (unpaired) electrons. The van der Waals surface area contributed by atoms with E-state index in [1.54, 1.807) is 0 Å². The number of aliphatic hydroxyl groups excluding tert-OH is 1. The van der Waals surface area contributed by atoms with E-state index in [0.717, 1.165) is 75.6 Å². The van der Waals surface area contributed by atoms with Gasteiger partial charge in [0.1, 0.15) is 0 Å². The monoisotopic (exact) mass is 392 g/mol. The number of aromatic amines is 1. The van der Waals surface area contributed by atoms with Crippen LogP contribution in [-0.2, 0) is 11.3 Å². The summed E-state index contributed by atoms with van der Waals surface area (Å²) in [7, 11) is 0. The number of pyridine rings is 1. The fourth-order valence-corrected chi connectivity index (χ4v) is 4.38. The zero-order valence-electron chi connectivity index (χ0n) is 16.7. The molecule has 2 saturated heterocycles. The van der Waals surface area contributed by atoms with Crippen molar-refractivity contribution in [3.05, 3.63) is 48.3 Å². The molecule has 0 atom stereocenters. The Bertz CT molecular complexity index is 955. The molecule has 0 spiro atoms. The zero-order valence-corrected chi connectivity index (χ0v) is 16.7. The van der Waals surface area contributed by atoms with Gasteiger partial charge in [0.25, 0.3) is 0 Å². The van der Waals surface area contributed by atoms with Crippen LogP contribution < -0.4 is 4.90 Å². The van der Waals surface area contributed by atoms with Gasteiger partial charge in [-0.25, -0.2) is 0 Å². The number of aliphatic hydroxyl groups is 1. The number of nitrogens with zero attached hydrogens (tertiary/aromatic N) is 3. The van der Waals surface area contributed by atoms with Crippen molar-refractivity contribution in [3.8, 4) is 11.3 Å². The highest BCUT2D eigenvalue weighted by Crippen LogP contribution is 2.30. The Morgan fingerprint density at radius 2 is 1.79 bits per heavy atom. The van der Waals surface area contributed by atoms with Gasteiger partial charge < -0.3 is 19.7 Å². The fourth-order valence-electron chi connectivity index (χ4n) is 4.38. The highest BCUT2D eigenvalue weighted by molar-refractivity contribution is 5.93. The molecule has 0 unspecified atom stereocenters. The van der Waals surface area contributed by atoms with Crippen LogP contribution in [0.4, 0.5) is 5.69 Å². The number of H-pyrrole nitrogens is 1. The lowest BCUT2D eigenvalue weighted by Crippen LogP contribution is -2.35. The third kappa shape index (κ3) is 4.01. The lowest BCUT2D eigenvalue weighted by molar-refractivity contribution is 0.0337. The van der Waals surface area contributed by atoms with Crippen LogP contribution in [0.15, 0.2) is 42.6 Å². The average Bonchev–Trinajstić information content (AvgIpc) is 3.18. The molecule has 4 heterocycles. The van der Waals surface area contributed by atoms with E-state index < -0.39 is 0 Å². The number of hydrogen-bond acceptors (Lipinski definition) is 5. The largest absolute Gasteiger partial charge is 0.393 e. The Balaban J connectivity index is 1.38. The van der Waals surface area contributed by atoms with Crippen LogP contribution in [0.25, 0.3) is 22.2 Å². The highest BCUT2D eigenvalue weighted by Gasteiger charge is 2.18. The van der Waals surface area contributed by atoms with Crippen molar-refractivity contribution in [2.24, 2.45) is 0 Å². The van der Waals surface area contributed by atoms with E-state index in [0.29, 0.717) is 0 Å². The molecule has 6 heteroatoms. The molecule has 0 aliphatic carbocycles. The molecule has 2 fully saturated rings. The number of ether oxygens (including phenoxy) is 1. The second-order valence-electron chi connectivity index (χ2n) is 8.07. The minimum Gasteiger partial charge on any atom is -0.393 e. The summed E-state index contributed by atoms with van der Waals surface area (Å²) in [6.07, 6.45) is 3.43. The van der Waals surface area contributed by atoms with E-state index >= 15 is 0 Å². The van der Waals surface area contributed by atoms with Gasteiger partial charge in [0, 0.05) is 66.8 Å². The molecule has 0 amide bonds. The summed E-state index contributed by atoms with van der Waals surface area (Å²) in [5.74, 6) is 0. The predicted octanol–water partition coefficient (Wildman–Crippen LogP) is 3.02. The van der Waals surface area contributed by atoms with Crippen LogP contribution in [0.5, 0.6) is 0 Å². The summed E-state index contributed by atoms with van der Waals surface area (Å²) in [4.78, 5) is 13.0. The van der Waals surface area contributed by atoms with Crippen LogP contribution in [0, 0.1) is 0 Å². The number of rotatable bonds is 4. The van der Waals surface area contributed by atoms with Gasteiger partial charge in [0.05, 0.1) is 25.0 Å². The number of hydrogen-bond donors (Lipinski definition) is 2. The summed E-state index contributed by atoms with van der Waals surface area (Å²) < 4.78 is 5.45. The molecule has 2 N–H and O–H groups in total. The SMILES string of the molecule is OC1CCN(c2ccc(-c3nccc4[nH]c(CN5CCOCC5)cc34)cc2)CC1. The van der Waals surface area contributed by atoms with Gasteiger partial charge in [-0.3, -0.25) is 9.88 Å². The summed E-state index contributed by atoms with van der Waals surface area (Å²) in [5.41, 5.74) is 5.72. The Morgan fingerprint density at radius 3 is 2.55 bits per heavy atom. The van der Waals surface area contributed by atoms with Gasteiger partial charge in [0.15, 0.2) is 0 Å².